The fraction of sp³-hybridized carbons (Fsp3) is 0.381. The van der Waals surface area contributed by atoms with Crippen LogP contribution in [0.15, 0.2) is 54.6 Å². The van der Waals surface area contributed by atoms with Gasteiger partial charge in [-0.05, 0) is 18.6 Å². The predicted molar refractivity (Wildman–Crippen MR) is 109 cm³/mol. The largest absolute Gasteiger partial charge is 0.363 e. The molecule has 3 rings (SSSR count). The third kappa shape index (κ3) is 5.07. The van der Waals surface area contributed by atoms with Crippen LogP contribution >= 0.6 is 0 Å². The summed E-state index contributed by atoms with van der Waals surface area (Å²) in [4.78, 5) is 27.4. The first kappa shape index (κ1) is 19.8. The minimum absolute atomic E-state index is 0.0100. The van der Waals surface area contributed by atoms with Crippen molar-refractivity contribution in [1.29, 1.82) is 0 Å². The monoisotopic (exact) mass is 382 g/mol. The van der Waals surface area contributed by atoms with Gasteiger partial charge in [-0.15, -0.1) is 0 Å². The van der Waals surface area contributed by atoms with Gasteiger partial charge in [0.25, 0.3) is 5.69 Å². The Hall–Kier alpha value is -2.93. The zero-order valence-electron chi connectivity index (χ0n) is 16.1. The van der Waals surface area contributed by atoms with Crippen LogP contribution in [0.3, 0.4) is 0 Å². The van der Waals surface area contributed by atoms with Crippen molar-refractivity contribution in [1.82, 2.24) is 10.2 Å². The molecule has 2 aromatic rings. The number of amides is 1. The first-order chi connectivity index (χ1) is 13.5. The summed E-state index contributed by atoms with van der Waals surface area (Å²) in [6.45, 7) is 5.68. The molecule has 1 unspecified atom stereocenters. The SMILES string of the molecule is CC(NC(=O)CCN1CCN(c2ccccc2[N+](=O)[O-])CC1)c1ccccc1. The van der Waals surface area contributed by atoms with Gasteiger partial charge >= 0.3 is 0 Å². The Labute approximate surface area is 165 Å². The maximum absolute atomic E-state index is 12.3. The number of para-hydroxylation sites is 2. The minimum Gasteiger partial charge on any atom is -0.363 e. The molecule has 0 spiro atoms. The van der Waals surface area contributed by atoms with Crippen LogP contribution in [0.1, 0.15) is 24.9 Å². The second kappa shape index (κ2) is 9.32. The number of nitro benzene ring substituents is 1. The number of hydrogen-bond acceptors (Lipinski definition) is 5. The van der Waals surface area contributed by atoms with E-state index in [1.54, 1.807) is 18.2 Å². The van der Waals surface area contributed by atoms with Crippen molar-refractivity contribution in [3.05, 3.63) is 70.3 Å². The van der Waals surface area contributed by atoms with Crippen LogP contribution in [0.4, 0.5) is 11.4 Å². The number of anilines is 1. The zero-order chi connectivity index (χ0) is 19.9. The van der Waals surface area contributed by atoms with Gasteiger partial charge in [-0.25, -0.2) is 0 Å². The Morgan fingerprint density at radius 1 is 1.07 bits per heavy atom. The molecule has 0 saturated carbocycles. The van der Waals surface area contributed by atoms with E-state index < -0.39 is 0 Å². The molecule has 1 aliphatic rings. The average molecular weight is 382 g/mol. The van der Waals surface area contributed by atoms with Crippen molar-refractivity contribution < 1.29 is 9.72 Å². The summed E-state index contributed by atoms with van der Waals surface area (Å²) in [5, 5.41) is 14.3. The second-order valence-corrected chi connectivity index (χ2v) is 7.02. The Kier molecular flexibility index (Phi) is 6.60. The smallest absolute Gasteiger partial charge is 0.292 e. The molecule has 1 atom stereocenters. The van der Waals surface area contributed by atoms with Crippen LogP contribution in [0.5, 0.6) is 0 Å². The van der Waals surface area contributed by atoms with E-state index in [-0.39, 0.29) is 22.6 Å². The van der Waals surface area contributed by atoms with Crippen LogP contribution in [0, 0.1) is 10.1 Å². The van der Waals surface area contributed by atoms with E-state index in [1.807, 2.05) is 48.2 Å². The summed E-state index contributed by atoms with van der Waals surface area (Å²) in [6, 6.07) is 16.8. The predicted octanol–water partition coefficient (Wildman–Crippen LogP) is 2.98. The highest BCUT2D eigenvalue weighted by molar-refractivity contribution is 5.76. The molecule has 1 fully saturated rings. The molecule has 1 heterocycles. The van der Waals surface area contributed by atoms with Crippen LogP contribution in [0.25, 0.3) is 0 Å². The quantitative estimate of drug-likeness (QED) is 0.588. The number of rotatable bonds is 7. The number of carbonyl (C=O) groups is 1. The Bertz CT molecular complexity index is 804. The molecule has 7 nitrogen and oxygen atoms in total. The van der Waals surface area contributed by atoms with E-state index in [0.717, 1.165) is 18.7 Å². The lowest BCUT2D eigenvalue weighted by molar-refractivity contribution is -0.384. The van der Waals surface area contributed by atoms with E-state index >= 15 is 0 Å². The van der Waals surface area contributed by atoms with Crippen LogP contribution in [-0.4, -0.2) is 48.5 Å². The average Bonchev–Trinajstić information content (AvgIpc) is 2.73. The maximum Gasteiger partial charge on any atom is 0.292 e. The van der Waals surface area contributed by atoms with Gasteiger partial charge in [0.15, 0.2) is 0 Å². The summed E-state index contributed by atoms with van der Waals surface area (Å²) in [5.41, 5.74) is 1.90. The molecule has 0 bridgehead atoms. The van der Waals surface area contributed by atoms with Gasteiger partial charge in [0, 0.05) is 45.2 Å². The fourth-order valence-corrected chi connectivity index (χ4v) is 3.50. The first-order valence-electron chi connectivity index (χ1n) is 9.59. The maximum atomic E-state index is 12.3. The molecule has 2 aromatic carbocycles. The molecule has 1 N–H and O–H groups in total. The number of nitrogens with zero attached hydrogens (tertiary/aromatic N) is 3. The van der Waals surface area contributed by atoms with E-state index in [2.05, 4.69) is 10.2 Å². The topological polar surface area (TPSA) is 78.7 Å². The fourth-order valence-electron chi connectivity index (χ4n) is 3.50. The second-order valence-electron chi connectivity index (χ2n) is 7.02. The number of piperazine rings is 1. The van der Waals surface area contributed by atoms with Crippen molar-refractivity contribution in [2.75, 3.05) is 37.6 Å². The third-order valence-corrected chi connectivity index (χ3v) is 5.12. The Balaban J connectivity index is 1.45. The Morgan fingerprint density at radius 2 is 1.71 bits per heavy atom. The molecule has 1 aliphatic heterocycles. The molecule has 7 heteroatoms. The minimum atomic E-state index is -0.333. The highest BCUT2D eigenvalue weighted by Crippen LogP contribution is 2.28. The molecule has 0 radical (unpaired) electrons. The molecule has 1 amide bonds. The van der Waals surface area contributed by atoms with Gasteiger partial charge < -0.3 is 10.2 Å². The molecule has 148 valence electrons. The van der Waals surface area contributed by atoms with Crippen molar-refractivity contribution >= 4 is 17.3 Å². The lowest BCUT2D eigenvalue weighted by atomic mass is 10.1. The number of carbonyl (C=O) groups excluding carboxylic acids is 1. The molecule has 0 aliphatic carbocycles. The standard InChI is InChI=1S/C21H26N4O3/c1-17(18-7-3-2-4-8-18)22-21(26)11-12-23-13-15-24(16-14-23)19-9-5-6-10-20(19)25(27)28/h2-10,17H,11-16H2,1H3,(H,22,26). The summed E-state index contributed by atoms with van der Waals surface area (Å²) < 4.78 is 0. The van der Waals surface area contributed by atoms with Crippen molar-refractivity contribution in [2.24, 2.45) is 0 Å². The van der Waals surface area contributed by atoms with Crippen LogP contribution < -0.4 is 10.2 Å². The van der Waals surface area contributed by atoms with Crippen molar-refractivity contribution in [3.8, 4) is 0 Å². The van der Waals surface area contributed by atoms with Crippen LogP contribution in [0.2, 0.25) is 0 Å². The van der Waals surface area contributed by atoms with Crippen molar-refractivity contribution in [3.63, 3.8) is 0 Å². The molecular weight excluding hydrogens is 356 g/mol. The molecular formula is C21H26N4O3. The summed E-state index contributed by atoms with van der Waals surface area (Å²) in [5.74, 6) is 0.0393. The van der Waals surface area contributed by atoms with Gasteiger partial charge in [-0.3, -0.25) is 19.8 Å². The summed E-state index contributed by atoms with van der Waals surface area (Å²) in [6.07, 6.45) is 0.447. The van der Waals surface area contributed by atoms with Gasteiger partial charge in [-0.1, -0.05) is 42.5 Å². The zero-order valence-corrected chi connectivity index (χ0v) is 16.1. The van der Waals surface area contributed by atoms with Gasteiger partial charge in [-0.2, -0.15) is 0 Å². The highest BCUT2D eigenvalue weighted by Gasteiger charge is 2.23. The lowest BCUT2D eigenvalue weighted by Gasteiger charge is -2.35. The van der Waals surface area contributed by atoms with Gasteiger partial charge in [0.1, 0.15) is 5.69 Å². The summed E-state index contributed by atoms with van der Waals surface area (Å²) >= 11 is 0. The molecule has 28 heavy (non-hydrogen) atoms. The third-order valence-electron chi connectivity index (χ3n) is 5.12. The summed E-state index contributed by atoms with van der Waals surface area (Å²) in [7, 11) is 0. The van der Waals surface area contributed by atoms with Gasteiger partial charge in [0.05, 0.1) is 11.0 Å². The number of nitro groups is 1. The molecule has 0 aromatic heterocycles. The van der Waals surface area contributed by atoms with Gasteiger partial charge in [0.2, 0.25) is 5.91 Å². The highest BCUT2D eigenvalue weighted by atomic mass is 16.6. The number of hydrogen-bond donors (Lipinski definition) is 1. The van der Waals surface area contributed by atoms with E-state index in [1.165, 1.54) is 0 Å². The first-order valence-corrected chi connectivity index (χ1v) is 9.59. The molecule has 1 saturated heterocycles. The Morgan fingerprint density at radius 3 is 2.39 bits per heavy atom. The normalized spacial score (nSPS) is 15.8. The number of nitrogens with one attached hydrogen (secondary N) is 1. The van der Waals surface area contributed by atoms with E-state index in [0.29, 0.717) is 31.7 Å². The van der Waals surface area contributed by atoms with E-state index in [9.17, 15) is 14.9 Å². The van der Waals surface area contributed by atoms with Crippen LogP contribution in [-0.2, 0) is 4.79 Å². The van der Waals surface area contributed by atoms with Crippen molar-refractivity contribution in [2.45, 2.75) is 19.4 Å². The van der Waals surface area contributed by atoms with E-state index in [4.69, 9.17) is 0 Å². The number of benzene rings is 2. The lowest BCUT2D eigenvalue weighted by Crippen LogP contribution is -2.47.